The standard InChI is InChI=1S/C26H49N7.2CH4.2HI/c1-22(13-19-33(6)16-7-8-17-33)21-29-25(27)30-26(28)31(2)15-12-23-10-9-11-24(20-23)14-18-32(3,4)5;;;;/h9-11,20,22H,7-8,12-19,21H2,1-6H3,(H4,27,28,29,30);2*1H4;2*1H/q+2;;;;/p-2. The number of likely N-dealkylation sites (N-methyl/N-ethyl adjacent to an activating group) is 2. The van der Waals surface area contributed by atoms with Crippen LogP contribution in [0, 0.1) is 5.92 Å². The monoisotopic (exact) mass is 745 g/mol. The van der Waals surface area contributed by atoms with Gasteiger partial charge in [-0.2, -0.15) is 4.99 Å². The van der Waals surface area contributed by atoms with Gasteiger partial charge in [0, 0.05) is 45.8 Å². The molecule has 4 N–H and O–H groups in total. The van der Waals surface area contributed by atoms with Crippen molar-refractivity contribution in [3.05, 3.63) is 35.4 Å². The third kappa shape index (κ3) is 16.8. The van der Waals surface area contributed by atoms with Crippen molar-refractivity contribution >= 4 is 11.9 Å². The Morgan fingerprint density at radius 2 is 1.62 bits per heavy atom. The van der Waals surface area contributed by atoms with Crippen molar-refractivity contribution < 1.29 is 56.9 Å². The van der Waals surface area contributed by atoms with Gasteiger partial charge in [0.15, 0.2) is 5.96 Å². The molecule has 218 valence electrons. The molecule has 0 saturated carbocycles. The highest BCUT2D eigenvalue weighted by Crippen LogP contribution is 2.18. The van der Waals surface area contributed by atoms with Gasteiger partial charge in [0.1, 0.15) is 0 Å². The molecule has 9 heteroatoms. The molecule has 1 aromatic carbocycles. The lowest BCUT2D eigenvalue weighted by atomic mass is 10.1. The Labute approximate surface area is 263 Å². The third-order valence-electron chi connectivity index (χ3n) is 6.79. The number of guanidine groups is 2. The lowest BCUT2D eigenvalue weighted by Crippen LogP contribution is -3.00. The van der Waals surface area contributed by atoms with Gasteiger partial charge in [0.2, 0.25) is 5.96 Å². The van der Waals surface area contributed by atoms with E-state index in [0.29, 0.717) is 18.4 Å². The van der Waals surface area contributed by atoms with Crippen molar-refractivity contribution in [3.8, 4) is 0 Å². The van der Waals surface area contributed by atoms with E-state index in [0.717, 1.165) is 30.4 Å². The molecule has 0 radical (unpaired) electrons. The first-order valence-corrected chi connectivity index (χ1v) is 12.5. The molecule has 1 atom stereocenters. The number of benzene rings is 1. The number of hydrogen-bond donors (Lipinski definition) is 2. The molecule has 1 aromatic rings. The maximum absolute atomic E-state index is 6.18. The van der Waals surface area contributed by atoms with Crippen molar-refractivity contribution in [2.24, 2.45) is 27.4 Å². The SMILES string of the molecule is C.C.CC(CC[N+]1(C)CCCC1)CN=C(N)N=C(N)N(C)CCc1cccc(CC[N+](C)(C)C)c1.[I-].[I-]. The van der Waals surface area contributed by atoms with Gasteiger partial charge in [-0.3, -0.25) is 4.99 Å². The molecular weight excluding hydrogens is 688 g/mol. The Balaban J connectivity index is -0.00000289. The van der Waals surface area contributed by atoms with Gasteiger partial charge in [0.05, 0.1) is 54.4 Å². The highest BCUT2D eigenvalue weighted by Gasteiger charge is 2.26. The van der Waals surface area contributed by atoms with Gasteiger partial charge in [-0.1, -0.05) is 46.0 Å². The fraction of sp³-hybridized carbons (Fsp3) is 0.714. The summed E-state index contributed by atoms with van der Waals surface area (Å²) in [5, 5.41) is 0. The van der Waals surface area contributed by atoms with Gasteiger partial charge in [-0.25, -0.2) is 0 Å². The lowest BCUT2D eigenvalue weighted by molar-refractivity contribution is -0.898. The van der Waals surface area contributed by atoms with E-state index < -0.39 is 0 Å². The van der Waals surface area contributed by atoms with E-state index in [2.05, 4.69) is 69.4 Å². The summed E-state index contributed by atoms with van der Waals surface area (Å²) < 4.78 is 2.18. The topological polar surface area (TPSA) is 80.0 Å². The van der Waals surface area contributed by atoms with Crippen LogP contribution in [-0.2, 0) is 12.8 Å². The number of aliphatic imine (C=N–C) groups is 2. The number of hydrogen-bond acceptors (Lipinski definition) is 1. The molecule has 1 heterocycles. The van der Waals surface area contributed by atoms with Crippen LogP contribution < -0.4 is 59.4 Å². The summed E-state index contributed by atoms with van der Waals surface area (Å²) in [6, 6.07) is 8.84. The molecule has 1 unspecified atom stereocenters. The number of nitrogens with zero attached hydrogens (tertiary/aromatic N) is 5. The second-order valence-electron chi connectivity index (χ2n) is 11.3. The van der Waals surface area contributed by atoms with Crippen LogP contribution >= 0.6 is 0 Å². The minimum Gasteiger partial charge on any atom is -1.00 e. The average molecular weight is 746 g/mol. The van der Waals surface area contributed by atoms with Gasteiger partial charge in [-0.15, -0.1) is 0 Å². The summed E-state index contributed by atoms with van der Waals surface area (Å²) in [6.45, 7) is 8.70. The van der Waals surface area contributed by atoms with Crippen molar-refractivity contribution in [2.45, 2.75) is 53.9 Å². The smallest absolute Gasteiger partial charge is 0.218 e. The first-order valence-electron chi connectivity index (χ1n) is 12.5. The first-order chi connectivity index (χ1) is 15.5. The molecule has 1 aliphatic rings. The zero-order chi connectivity index (χ0) is 24.5. The summed E-state index contributed by atoms with van der Waals surface area (Å²) in [5.41, 5.74) is 14.9. The number of nitrogens with two attached hydrogens (primary N) is 2. The number of rotatable bonds is 11. The van der Waals surface area contributed by atoms with Crippen molar-refractivity contribution in [1.82, 2.24) is 4.90 Å². The zero-order valence-electron chi connectivity index (χ0n) is 22.8. The number of likely N-dealkylation sites (tertiary alicyclic amines) is 1. The predicted octanol–water partition coefficient (Wildman–Crippen LogP) is -2.41. The molecule has 0 aliphatic carbocycles. The highest BCUT2D eigenvalue weighted by molar-refractivity contribution is 5.93. The predicted molar refractivity (Wildman–Crippen MR) is 155 cm³/mol. The first kappa shape index (κ1) is 40.8. The largest absolute Gasteiger partial charge is 1.00 e. The van der Waals surface area contributed by atoms with Crippen LogP contribution in [0.5, 0.6) is 0 Å². The van der Waals surface area contributed by atoms with Gasteiger partial charge < -0.3 is 73.3 Å². The molecule has 0 aromatic heterocycles. The van der Waals surface area contributed by atoms with E-state index >= 15 is 0 Å². The summed E-state index contributed by atoms with van der Waals surface area (Å²) in [5.74, 6) is 1.19. The maximum Gasteiger partial charge on any atom is 0.218 e. The fourth-order valence-corrected chi connectivity index (χ4v) is 4.25. The maximum atomic E-state index is 6.18. The fourth-order valence-electron chi connectivity index (χ4n) is 4.25. The van der Waals surface area contributed by atoms with E-state index in [4.69, 9.17) is 11.5 Å². The molecule has 1 saturated heterocycles. The molecule has 37 heavy (non-hydrogen) atoms. The Morgan fingerprint density at radius 1 is 1.05 bits per heavy atom. The van der Waals surface area contributed by atoms with E-state index in [1.807, 2.05) is 11.9 Å². The minimum atomic E-state index is 0. The van der Waals surface area contributed by atoms with Crippen LogP contribution in [0.2, 0.25) is 0 Å². The number of quaternary nitrogens is 2. The summed E-state index contributed by atoms with van der Waals surface area (Å²) in [4.78, 5) is 10.8. The van der Waals surface area contributed by atoms with E-state index in [1.165, 1.54) is 54.5 Å². The van der Waals surface area contributed by atoms with Crippen molar-refractivity contribution in [2.75, 3.05) is 74.5 Å². The number of halogens is 2. The van der Waals surface area contributed by atoms with Gasteiger partial charge in [0.25, 0.3) is 0 Å². The summed E-state index contributed by atoms with van der Waals surface area (Å²) in [6.07, 6.45) is 5.88. The molecule has 2 rings (SSSR count). The molecule has 7 nitrogen and oxygen atoms in total. The summed E-state index contributed by atoms with van der Waals surface area (Å²) in [7, 11) is 11.0. The molecule has 1 aliphatic heterocycles. The Bertz CT molecular complexity index is 800. The third-order valence-corrected chi connectivity index (χ3v) is 6.79. The molecular formula is C28H57I2N7. The average Bonchev–Trinajstić information content (AvgIpc) is 3.19. The Morgan fingerprint density at radius 3 is 2.19 bits per heavy atom. The van der Waals surface area contributed by atoms with Crippen LogP contribution in [0.3, 0.4) is 0 Å². The molecule has 0 spiro atoms. The normalized spacial score (nSPS) is 15.9. The Kier molecular flexibility index (Phi) is 21.4. The van der Waals surface area contributed by atoms with Crippen LogP contribution in [0.25, 0.3) is 0 Å². The highest BCUT2D eigenvalue weighted by atomic mass is 127. The molecule has 0 amide bonds. The van der Waals surface area contributed by atoms with E-state index in [-0.39, 0.29) is 68.8 Å². The summed E-state index contributed by atoms with van der Waals surface area (Å²) >= 11 is 0. The minimum absolute atomic E-state index is 0. The lowest BCUT2D eigenvalue weighted by Gasteiger charge is -2.30. The van der Waals surface area contributed by atoms with Crippen LogP contribution in [0.4, 0.5) is 0 Å². The zero-order valence-corrected chi connectivity index (χ0v) is 27.1. The Hall–Kier alpha value is -0.660. The van der Waals surface area contributed by atoms with Crippen molar-refractivity contribution in [3.63, 3.8) is 0 Å². The molecule has 0 bridgehead atoms. The second-order valence-corrected chi connectivity index (χ2v) is 11.3. The van der Waals surface area contributed by atoms with Crippen molar-refractivity contribution in [1.29, 1.82) is 0 Å². The molecule has 1 fully saturated rings. The quantitative estimate of drug-likeness (QED) is 0.115. The van der Waals surface area contributed by atoms with Gasteiger partial charge >= 0.3 is 0 Å². The second kappa shape index (κ2) is 19.4. The van der Waals surface area contributed by atoms with Crippen LogP contribution in [0.1, 0.15) is 52.2 Å². The van der Waals surface area contributed by atoms with Crippen LogP contribution in [0.15, 0.2) is 34.3 Å². The van der Waals surface area contributed by atoms with Crippen LogP contribution in [-0.4, -0.2) is 100 Å². The van der Waals surface area contributed by atoms with Gasteiger partial charge in [-0.05, 0) is 23.5 Å². The van der Waals surface area contributed by atoms with E-state index in [1.54, 1.807) is 0 Å². The van der Waals surface area contributed by atoms with E-state index in [9.17, 15) is 0 Å².